The Bertz CT molecular complexity index is 946. The van der Waals surface area contributed by atoms with Crippen molar-refractivity contribution in [3.05, 3.63) is 11.1 Å². The molecule has 1 fully saturated rings. The molecule has 0 spiro atoms. The van der Waals surface area contributed by atoms with Gasteiger partial charge in [-0.1, -0.05) is 39.0 Å². The number of hydrogen-bond acceptors (Lipinski definition) is 8. The molecule has 1 aromatic rings. The molecule has 13 heteroatoms. The van der Waals surface area contributed by atoms with Gasteiger partial charge in [-0.15, -0.1) is 22.9 Å². The number of thiazole rings is 1. The van der Waals surface area contributed by atoms with Crippen LogP contribution in [0.25, 0.3) is 0 Å². The molecule has 2 N–H and O–H groups in total. The topological polar surface area (TPSA) is 122 Å². The van der Waals surface area contributed by atoms with E-state index in [2.05, 4.69) is 54.6 Å². The normalized spacial score (nSPS) is 19.4. The van der Waals surface area contributed by atoms with Gasteiger partial charge in [0.1, 0.15) is 17.7 Å². The molecular formula is C20H32ClN5O5SSi. The van der Waals surface area contributed by atoms with Gasteiger partial charge in [0.15, 0.2) is 19.1 Å². The first-order valence-corrected chi connectivity index (χ1v) is 14.8. The minimum Gasteiger partial charge on any atom is -0.392 e. The highest BCUT2D eigenvalue weighted by molar-refractivity contribution is 7.14. The van der Waals surface area contributed by atoms with E-state index in [1.807, 2.05) is 4.57 Å². The lowest BCUT2D eigenvalue weighted by atomic mass is 10.1. The number of carbonyl (C=O) groups excluding carboxylic acids is 3. The Hall–Kier alpha value is -2.02. The Morgan fingerprint density at radius 3 is 2.52 bits per heavy atom. The minimum atomic E-state index is -2.14. The minimum absolute atomic E-state index is 0.0608. The lowest BCUT2D eigenvalue weighted by molar-refractivity contribution is -0.180. The molecule has 0 bridgehead atoms. The zero-order valence-electron chi connectivity index (χ0n) is 20.2. The number of aromatic nitrogens is 1. The van der Waals surface area contributed by atoms with Crippen molar-refractivity contribution in [2.45, 2.75) is 64.6 Å². The fourth-order valence-electron chi connectivity index (χ4n) is 2.84. The molecule has 1 aliphatic heterocycles. The van der Waals surface area contributed by atoms with Crippen molar-refractivity contribution in [2.75, 3.05) is 24.9 Å². The molecule has 184 valence electrons. The number of methoxy groups -OCH3 is 1. The third kappa shape index (κ3) is 5.73. The van der Waals surface area contributed by atoms with E-state index in [0.717, 1.165) is 11.3 Å². The van der Waals surface area contributed by atoms with Crippen LogP contribution < -0.4 is 10.6 Å². The summed E-state index contributed by atoms with van der Waals surface area (Å²) in [5.74, 6) is -1.62. The van der Waals surface area contributed by atoms with Crippen LogP contribution in [0.3, 0.4) is 0 Å². The molecule has 10 nitrogen and oxygen atoms in total. The van der Waals surface area contributed by atoms with Crippen molar-refractivity contribution in [1.29, 1.82) is 0 Å². The Balaban J connectivity index is 2.28. The van der Waals surface area contributed by atoms with Crippen molar-refractivity contribution in [1.82, 2.24) is 14.9 Å². The van der Waals surface area contributed by atoms with E-state index in [0.29, 0.717) is 0 Å². The fourth-order valence-corrected chi connectivity index (χ4v) is 5.73. The average Bonchev–Trinajstić information content (AvgIpc) is 3.16. The van der Waals surface area contributed by atoms with Crippen molar-refractivity contribution in [2.24, 2.45) is 5.16 Å². The number of anilines is 1. The van der Waals surface area contributed by atoms with Gasteiger partial charge in [-0.3, -0.25) is 14.4 Å². The largest absolute Gasteiger partial charge is 0.392 e. The maximum atomic E-state index is 13.2. The Labute approximate surface area is 204 Å². The number of amides is 3. The molecule has 0 aromatic carbocycles. The standard InChI is InChI=1S/C20H32ClN5O5SSi/c1-12(2)31-25-15(13-10-32-18(22-13)23-14(27)9-21)16(28)24-20(30-6)11-26(17(20)29)33(7,8)19(3,4)5/h10,12H,9,11H2,1-8H3,(H,24,28)(H,22,23,27). The van der Waals surface area contributed by atoms with Crippen molar-refractivity contribution >= 4 is 59.7 Å². The summed E-state index contributed by atoms with van der Waals surface area (Å²) < 4.78 is 7.31. The van der Waals surface area contributed by atoms with E-state index >= 15 is 0 Å². The molecule has 1 aromatic heterocycles. The van der Waals surface area contributed by atoms with Gasteiger partial charge < -0.3 is 24.8 Å². The summed E-state index contributed by atoms with van der Waals surface area (Å²) >= 11 is 6.62. The van der Waals surface area contributed by atoms with E-state index in [9.17, 15) is 14.4 Å². The number of β-lactam (4-membered cyclic amide) rings is 1. The molecule has 1 atom stereocenters. The van der Waals surface area contributed by atoms with Crippen LogP contribution in [-0.4, -0.2) is 72.6 Å². The monoisotopic (exact) mass is 517 g/mol. The summed E-state index contributed by atoms with van der Waals surface area (Å²) in [6.45, 7) is 14.3. The third-order valence-corrected chi connectivity index (χ3v) is 12.2. The number of carbonyl (C=O) groups is 3. The van der Waals surface area contributed by atoms with Crippen LogP contribution in [0.1, 0.15) is 40.3 Å². The van der Waals surface area contributed by atoms with Crippen LogP contribution >= 0.6 is 22.9 Å². The number of hydrogen-bond donors (Lipinski definition) is 2. The van der Waals surface area contributed by atoms with Gasteiger partial charge in [0.2, 0.25) is 11.6 Å². The number of halogens is 1. The quantitative estimate of drug-likeness (QED) is 0.130. The summed E-state index contributed by atoms with van der Waals surface area (Å²) in [5, 5.41) is 10.9. The van der Waals surface area contributed by atoms with Crippen molar-refractivity contribution in [3.63, 3.8) is 0 Å². The second-order valence-corrected chi connectivity index (χ2v) is 15.8. The Morgan fingerprint density at radius 2 is 2.03 bits per heavy atom. The number of oxime groups is 1. The van der Waals surface area contributed by atoms with E-state index in [1.165, 1.54) is 7.11 Å². The highest BCUT2D eigenvalue weighted by Crippen LogP contribution is 2.43. The van der Waals surface area contributed by atoms with Gasteiger partial charge in [-0.2, -0.15) is 0 Å². The molecule has 2 heterocycles. The molecule has 33 heavy (non-hydrogen) atoms. The summed E-state index contributed by atoms with van der Waals surface area (Å²) in [6, 6.07) is 0. The average molecular weight is 518 g/mol. The first kappa shape index (κ1) is 27.2. The number of ether oxygens (including phenoxy) is 1. The Kier molecular flexibility index (Phi) is 8.31. The second kappa shape index (κ2) is 10.1. The maximum Gasteiger partial charge on any atom is 0.278 e. The van der Waals surface area contributed by atoms with Crippen LogP contribution in [0.4, 0.5) is 5.13 Å². The van der Waals surface area contributed by atoms with Gasteiger partial charge >= 0.3 is 0 Å². The molecule has 0 aliphatic carbocycles. The van der Waals surface area contributed by atoms with E-state index < -0.39 is 25.8 Å². The predicted molar refractivity (Wildman–Crippen MR) is 131 cm³/mol. The molecule has 3 amide bonds. The zero-order chi connectivity index (χ0) is 25.2. The number of alkyl halides is 1. The predicted octanol–water partition coefficient (Wildman–Crippen LogP) is 2.76. The van der Waals surface area contributed by atoms with E-state index in [4.69, 9.17) is 21.2 Å². The summed E-state index contributed by atoms with van der Waals surface area (Å²) in [7, 11) is -0.762. The van der Waals surface area contributed by atoms with Crippen molar-refractivity contribution < 1.29 is 24.0 Å². The first-order chi connectivity index (χ1) is 15.2. The number of nitrogens with one attached hydrogen (secondary N) is 2. The van der Waals surface area contributed by atoms with Gasteiger partial charge in [-0.05, 0) is 18.9 Å². The molecule has 2 rings (SSSR count). The van der Waals surface area contributed by atoms with Crippen LogP contribution in [0.15, 0.2) is 10.5 Å². The number of rotatable bonds is 9. The van der Waals surface area contributed by atoms with Crippen LogP contribution in [0, 0.1) is 0 Å². The van der Waals surface area contributed by atoms with E-state index in [1.54, 1.807) is 19.2 Å². The summed E-state index contributed by atoms with van der Waals surface area (Å²) in [5.41, 5.74) is -1.44. The molecule has 1 saturated heterocycles. The smallest absolute Gasteiger partial charge is 0.278 e. The van der Waals surface area contributed by atoms with Crippen LogP contribution in [0.2, 0.25) is 18.1 Å². The van der Waals surface area contributed by atoms with Crippen molar-refractivity contribution in [3.8, 4) is 0 Å². The molecule has 1 unspecified atom stereocenters. The Morgan fingerprint density at radius 1 is 1.39 bits per heavy atom. The SMILES string of the molecule is COC1(NC(=O)C(=NOC(C)C)c2csc(NC(=O)CCl)n2)CN([Si](C)(C)C(C)(C)C)C1=O. The van der Waals surface area contributed by atoms with Crippen LogP contribution in [-0.2, 0) is 24.0 Å². The zero-order valence-corrected chi connectivity index (χ0v) is 22.8. The maximum absolute atomic E-state index is 13.2. The van der Waals surface area contributed by atoms with Gasteiger partial charge in [-0.25, -0.2) is 4.98 Å². The lowest BCUT2D eigenvalue weighted by Gasteiger charge is -2.57. The number of nitrogens with zero attached hydrogens (tertiary/aromatic N) is 3. The van der Waals surface area contributed by atoms with Gasteiger partial charge in [0.25, 0.3) is 11.8 Å². The van der Waals surface area contributed by atoms with Gasteiger partial charge in [0.05, 0.1) is 6.54 Å². The molecule has 0 radical (unpaired) electrons. The summed E-state index contributed by atoms with van der Waals surface area (Å²) in [6.07, 6.45) is -0.294. The summed E-state index contributed by atoms with van der Waals surface area (Å²) in [4.78, 5) is 47.5. The molecular weight excluding hydrogens is 486 g/mol. The third-order valence-electron chi connectivity index (χ3n) is 5.83. The van der Waals surface area contributed by atoms with E-state index in [-0.39, 0.29) is 46.0 Å². The second-order valence-electron chi connectivity index (χ2n) is 9.50. The first-order valence-electron chi connectivity index (χ1n) is 10.4. The highest BCUT2D eigenvalue weighted by atomic mass is 35.5. The fraction of sp³-hybridized carbons (Fsp3) is 0.650. The van der Waals surface area contributed by atoms with Crippen LogP contribution in [0.5, 0.6) is 0 Å². The molecule has 0 saturated carbocycles. The lowest BCUT2D eigenvalue weighted by Crippen LogP contribution is -2.81. The molecule has 1 aliphatic rings. The van der Waals surface area contributed by atoms with Gasteiger partial charge in [0, 0.05) is 12.5 Å². The highest BCUT2D eigenvalue weighted by Gasteiger charge is 2.61.